The Hall–Kier alpha value is -0.120. The van der Waals surface area contributed by atoms with Gasteiger partial charge in [0.05, 0.1) is 32.0 Å². The Morgan fingerprint density at radius 1 is 1.06 bits per heavy atom. The maximum absolute atomic E-state index is 8.55. The molecule has 0 aliphatic rings. The lowest BCUT2D eigenvalue weighted by atomic mass is 9.95. The van der Waals surface area contributed by atoms with Gasteiger partial charge in [-0.25, -0.2) is 0 Å². The summed E-state index contributed by atoms with van der Waals surface area (Å²) in [5.41, 5.74) is -0.00224. The summed E-state index contributed by atoms with van der Waals surface area (Å²) in [6.45, 7) is 8.24. The van der Waals surface area contributed by atoms with E-state index in [9.17, 15) is 0 Å². The predicted octanol–water partition coefficient (Wildman–Crippen LogP) is 2.76. The van der Waals surface area contributed by atoms with Crippen molar-refractivity contribution in [3.63, 3.8) is 0 Å². The van der Waals surface area contributed by atoms with Gasteiger partial charge in [-0.2, -0.15) is 0 Å². The molecule has 0 aliphatic carbocycles. The minimum atomic E-state index is -0.00224. The molecule has 0 radical (unpaired) electrons. The first kappa shape index (κ1) is 15.9. The minimum Gasteiger partial charge on any atom is -0.394 e. The van der Waals surface area contributed by atoms with Crippen LogP contribution in [0.2, 0.25) is 0 Å². The molecule has 0 aliphatic heterocycles. The van der Waals surface area contributed by atoms with E-state index in [4.69, 9.17) is 14.6 Å². The van der Waals surface area contributed by atoms with Gasteiger partial charge in [0, 0.05) is 0 Å². The van der Waals surface area contributed by atoms with E-state index in [-0.39, 0.29) is 12.2 Å². The number of rotatable bonds is 11. The molecule has 0 aromatic heterocycles. The molecule has 0 bridgehead atoms. The van der Waals surface area contributed by atoms with E-state index in [1.807, 2.05) is 0 Å². The van der Waals surface area contributed by atoms with Gasteiger partial charge < -0.3 is 14.6 Å². The number of aliphatic hydroxyl groups excluding tert-OH is 1. The van der Waals surface area contributed by atoms with Gasteiger partial charge in [-0.3, -0.25) is 0 Å². The Bertz CT molecular complexity index is 150. The van der Waals surface area contributed by atoms with Gasteiger partial charge in [0.2, 0.25) is 0 Å². The quantitative estimate of drug-likeness (QED) is 0.557. The lowest BCUT2D eigenvalue weighted by Gasteiger charge is -2.28. The summed E-state index contributed by atoms with van der Waals surface area (Å²) in [6, 6.07) is 0. The van der Waals surface area contributed by atoms with Gasteiger partial charge in [-0.05, 0) is 19.8 Å². The SMILES string of the molecule is CCCCCC(C)(CC)OCCOCCO. The van der Waals surface area contributed by atoms with Crippen LogP contribution >= 0.6 is 0 Å². The van der Waals surface area contributed by atoms with Gasteiger partial charge in [-0.15, -0.1) is 0 Å². The summed E-state index contributed by atoms with van der Waals surface area (Å²) < 4.78 is 11.0. The molecule has 1 atom stereocenters. The first-order valence-corrected chi connectivity index (χ1v) is 6.51. The summed E-state index contributed by atoms with van der Waals surface area (Å²) in [7, 11) is 0. The lowest BCUT2D eigenvalue weighted by molar-refractivity contribution is -0.0668. The normalized spacial score (nSPS) is 15.0. The molecule has 0 heterocycles. The molecule has 1 unspecified atom stereocenters. The first-order valence-electron chi connectivity index (χ1n) is 6.51. The Balaban J connectivity index is 3.61. The van der Waals surface area contributed by atoms with E-state index in [1.165, 1.54) is 19.3 Å². The highest BCUT2D eigenvalue weighted by molar-refractivity contribution is 4.73. The minimum absolute atomic E-state index is 0.00224. The monoisotopic (exact) mass is 232 g/mol. The maximum atomic E-state index is 8.55. The Morgan fingerprint density at radius 3 is 2.38 bits per heavy atom. The van der Waals surface area contributed by atoms with Crippen molar-refractivity contribution >= 4 is 0 Å². The molecule has 0 amide bonds. The summed E-state index contributed by atoms with van der Waals surface area (Å²) in [4.78, 5) is 0. The summed E-state index contributed by atoms with van der Waals surface area (Å²) in [6.07, 6.45) is 5.92. The molecular formula is C13H28O3. The molecule has 16 heavy (non-hydrogen) atoms. The van der Waals surface area contributed by atoms with Crippen LogP contribution in [0.4, 0.5) is 0 Å². The van der Waals surface area contributed by atoms with Crippen LogP contribution in [0, 0.1) is 0 Å². The van der Waals surface area contributed by atoms with Crippen LogP contribution in [0.3, 0.4) is 0 Å². The van der Waals surface area contributed by atoms with E-state index < -0.39 is 0 Å². The van der Waals surface area contributed by atoms with E-state index in [1.54, 1.807) is 0 Å². The molecule has 3 nitrogen and oxygen atoms in total. The molecule has 0 spiro atoms. The van der Waals surface area contributed by atoms with E-state index in [2.05, 4.69) is 20.8 Å². The molecule has 0 rings (SSSR count). The molecule has 0 fully saturated rings. The van der Waals surface area contributed by atoms with Crippen molar-refractivity contribution in [2.45, 2.75) is 58.5 Å². The van der Waals surface area contributed by atoms with Crippen LogP contribution in [0.25, 0.3) is 0 Å². The molecule has 0 saturated carbocycles. The molecule has 0 aromatic carbocycles. The lowest BCUT2D eigenvalue weighted by Crippen LogP contribution is -2.29. The number of aliphatic hydroxyl groups is 1. The zero-order valence-corrected chi connectivity index (χ0v) is 11.1. The standard InChI is InChI=1S/C13H28O3/c1-4-6-7-8-13(3,5-2)16-12-11-15-10-9-14/h14H,4-12H2,1-3H3. The fourth-order valence-electron chi connectivity index (χ4n) is 1.61. The summed E-state index contributed by atoms with van der Waals surface area (Å²) in [5.74, 6) is 0. The third kappa shape index (κ3) is 8.08. The third-order valence-corrected chi connectivity index (χ3v) is 2.97. The van der Waals surface area contributed by atoms with Crippen molar-refractivity contribution in [1.82, 2.24) is 0 Å². The van der Waals surface area contributed by atoms with Crippen molar-refractivity contribution in [2.75, 3.05) is 26.4 Å². The van der Waals surface area contributed by atoms with Crippen molar-refractivity contribution in [3.05, 3.63) is 0 Å². The average molecular weight is 232 g/mol. The topological polar surface area (TPSA) is 38.7 Å². The van der Waals surface area contributed by atoms with Gasteiger partial charge in [-0.1, -0.05) is 33.1 Å². The Kier molecular flexibility index (Phi) is 9.99. The highest BCUT2D eigenvalue weighted by Gasteiger charge is 2.21. The van der Waals surface area contributed by atoms with Gasteiger partial charge >= 0.3 is 0 Å². The predicted molar refractivity (Wildman–Crippen MR) is 66.7 cm³/mol. The fourth-order valence-corrected chi connectivity index (χ4v) is 1.61. The van der Waals surface area contributed by atoms with Crippen molar-refractivity contribution in [1.29, 1.82) is 0 Å². The Labute approximate surface area is 100 Å². The molecule has 1 N–H and O–H groups in total. The zero-order chi connectivity index (χ0) is 12.3. The van der Waals surface area contributed by atoms with E-state index in [0.29, 0.717) is 19.8 Å². The number of hydrogen-bond acceptors (Lipinski definition) is 3. The average Bonchev–Trinajstić information content (AvgIpc) is 2.29. The molecule has 98 valence electrons. The highest BCUT2D eigenvalue weighted by Crippen LogP contribution is 2.22. The maximum Gasteiger partial charge on any atom is 0.0707 e. The van der Waals surface area contributed by atoms with Crippen LogP contribution < -0.4 is 0 Å². The van der Waals surface area contributed by atoms with Crippen LogP contribution in [-0.2, 0) is 9.47 Å². The van der Waals surface area contributed by atoms with Crippen LogP contribution in [0.1, 0.15) is 52.9 Å². The summed E-state index contributed by atoms with van der Waals surface area (Å²) in [5, 5.41) is 8.55. The smallest absolute Gasteiger partial charge is 0.0707 e. The second kappa shape index (κ2) is 10.1. The van der Waals surface area contributed by atoms with Crippen molar-refractivity contribution in [3.8, 4) is 0 Å². The van der Waals surface area contributed by atoms with Crippen molar-refractivity contribution in [2.24, 2.45) is 0 Å². The van der Waals surface area contributed by atoms with Gasteiger partial charge in [0.25, 0.3) is 0 Å². The third-order valence-electron chi connectivity index (χ3n) is 2.97. The van der Waals surface area contributed by atoms with Crippen LogP contribution in [-0.4, -0.2) is 37.1 Å². The van der Waals surface area contributed by atoms with Crippen LogP contribution in [0.15, 0.2) is 0 Å². The first-order chi connectivity index (χ1) is 7.68. The van der Waals surface area contributed by atoms with E-state index in [0.717, 1.165) is 12.8 Å². The van der Waals surface area contributed by atoms with Gasteiger partial charge in [0.15, 0.2) is 0 Å². The molecule has 3 heteroatoms. The largest absolute Gasteiger partial charge is 0.394 e. The Morgan fingerprint density at radius 2 is 1.81 bits per heavy atom. The molecule has 0 aromatic rings. The number of hydrogen-bond donors (Lipinski definition) is 1. The number of ether oxygens (including phenoxy) is 2. The molecular weight excluding hydrogens is 204 g/mol. The fraction of sp³-hybridized carbons (Fsp3) is 1.00. The van der Waals surface area contributed by atoms with Gasteiger partial charge in [0.1, 0.15) is 0 Å². The second-order valence-electron chi connectivity index (χ2n) is 4.45. The highest BCUT2D eigenvalue weighted by atomic mass is 16.5. The van der Waals surface area contributed by atoms with Crippen LogP contribution in [0.5, 0.6) is 0 Å². The van der Waals surface area contributed by atoms with Crippen molar-refractivity contribution < 1.29 is 14.6 Å². The summed E-state index contributed by atoms with van der Waals surface area (Å²) >= 11 is 0. The second-order valence-corrected chi connectivity index (χ2v) is 4.45. The number of unbranched alkanes of at least 4 members (excludes halogenated alkanes) is 2. The van der Waals surface area contributed by atoms with E-state index >= 15 is 0 Å². The molecule has 0 saturated heterocycles. The zero-order valence-electron chi connectivity index (χ0n) is 11.1.